The quantitative estimate of drug-likeness (QED) is 0.611. The number of rotatable bonds is 2. The van der Waals surface area contributed by atoms with Gasteiger partial charge in [0, 0.05) is 5.41 Å². The number of alkyl halides is 1. The molecule has 0 aliphatic heterocycles. The molecular formula is C10H13F. The normalized spacial score (nSPS) is 11.5. The Morgan fingerprint density at radius 1 is 1.18 bits per heavy atom. The molecular weight excluding hydrogens is 139 g/mol. The zero-order chi connectivity index (χ0) is 8.32. The van der Waals surface area contributed by atoms with Gasteiger partial charge in [0.25, 0.3) is 0 Å². The summed E-state index contributed by atoms with van der Waals surface area (Å²) in [6.45, 7) is 3.50. The predicted octanol–water partition coefficient (Wildman–Crippen LogP) is 2.93. The minimum absolute atomic E-state index is 0.309. The molecule has 0 N–H and O–H groups in total. The molecule has 0 unspecified atom stereocenters. The first kappa shape index (κ1) is 8.25. The van der Waals surface area contributed by atoms with Crippen molar-refractivity contribution in [1.29, 1.82) is 0 Å². The summed E-state index contributed by atoms with van der Waals surface area (Å²) in [4.78, 5) is 0. The summed E-state index contributed by atoms with van der Waals surface area (Å²) >= 11 is 0. The van der Waals surface area contributed by atoms with Gasteiger partial charge >= 0.3 is 0 Å². The number of hydrogen-bond donors (Lipinski definition) is 0. The monoisotopic (exact) mass is 152 g/mol. The van der Waals surface area contributed by atoms with Gasteiger partial charge in [-0.1, -0.05) is 44.2 Å². The van der Waals surface area contributed by atoms with Crippen LogP contribution in [0.3, 0.4) is 0 Å². The van der Waals surface area contributed by atoms with E-state index in [1.807, 2.05) is 44.2 Å². The molecule has 60 valence electrons. The highest BCUT2D eigenvalue weighted by Gasteiger charge is 2.19. The third-order valence-corrected chi connectivity index (χ3v) is 1.89. The van der Waals surface area contributed by atoms with Crippen LogP contribution in [0.1, 0.15) is 19.4 Å². The lowest BCUT2D eigenvalue weighted by atomic mass is 9.86. The van der Waals surface area contributed by atoms with Crippen molar-refractivity contribution >= 4 is 0 Å². The van der Waals surface area contributed by atoms with Crippen LogP contribution in [-0.2, 0) is 5.41 Å². The summed E-state index contributed by atoms with van der Waals surface area (Å²) in [5.74, 6) is 0. The molecule has 0 nitrogen and oxygen atoms in total. The molecule has 1 aromatic rings. The fourth-order valence-electron chi connectivity index (χ4n) is 0.966. The molecule has 0 atom stereocenters. The van der Waals surface area contributed by atoms with Gasteiger partial charge in [-0.05, 0) is 5.56 Å². The van der Waals surface area contributed by atoms with E-state index in [1.54, 1.807) is 0 Å². The first-order valence-electron chi connectivity index (χ1n) is 3.78. The average Bonchev–Trinajstić information content (AvgIpc) is 2.06. The van der Waals surface area contributed by atoms with Crippen LogP contribution >= 0.6 is 0 Å². The molecule has 0 radical (unpaired) electrons. The van der Waals surface area contributed by atoms with Crippen LogP contribution in [0.25, 0.3) is 0 Å². The number of halogens is 1. The van der Waals surface area contributed by atoms with E-state index >= 15 is 0 Å². The summed E-state index contributed by atoms with van der Waals surface area (Å²) in [5, 5.41) is 0. The summed E-state index contributed by atoms with van der Waals surface area (Å²) in [6, 6.07) is 9.73. The van der Waals surface area contributed by atoms with Crippen LogP contribution < -0.4 is 0 Å². The second kappa shape index (κ2) is 3.04. The average molecular weight is 152 g/mol. The van der Waals surface area contributed by atoms with Crippen molar-refractivity contribution in [3.05, 3.63) is 35.9 Å². The topological polar surface area (TPSA) is 0 Å². The van der Waals surface area contributed by atoms with Crippen LogP contribution in [0.2, 0.25) is 0 Å². The smallest absolute Gasteiger partial charge is 0.0985 e. The summed E-state index contributed by atoms with van der Waals surface area (Å²) in [7, 11) is 0. The lowest BCUT2D eigenvalue weighted by Crippen LogP contribution is -2.19. The van der Waals surface area contributed by atoms with Crippen molar-refractivity contribution in [3.8, 4) is 0 Å². The van der Waals surface area contributed by atoms with Gasteiger partial charge in [-0.2, -0.15) is 0 Å². The lowest BCUT2D eigenvalue weighted by Gasteiger charge is -2.20. The Morgan fingerprint density at radius 3 is 2.18 bits per heavy atom. The largest absolute Gasteiger partial charge is 0.250 e. The van der Waals surface area contributed by atoms with Gasteiger partial charge in [-0.3, -0.25) is 4.39 Å². The van der Waals surface area contributed by atoms with Crippen molar-refractivity contribution in [1.82, 2.24) is 0 Å². The van der Waals surface area contributed by atoms with Crippen molar-refractivity contribution in [3.63, 3.8) is 0 Å². The maximum atomic E-state index is 12.5. The number of benzene rings is 1. The number of hydrogen-bond acceptors (Lipinski definition) is 0. The van der Waals surface area contributed by atoms with E-state index in [0.29, 0.717) is 0 Å². The Bertz CT molecular complexity index is 214. The zero-order valence-electron chi connectivity index (χ0n) is 6.97. The molecule has 0 fully saturated rings. The van der Waals surface area contributed by atoms with E-state index in [9.17, 15) is 4.39 Å². The molecule has 1 aromatic carbocycles. The molecule has 0 amide bonds. The van der Waals surface area contributed by atoms with Gasteiger partial charge in [-0.15, -0.1) is 0 Å². The maximum Gasteiger partial charge on any atom is 0.0985 e. The molecule has 0 aromatic heterocycles. The molecule has 11 heavy (non-hydrogen) atoms. The Kier molecular flexibility index (Phi) is 2.28. The molecule has 0 aliphatic rings. The molecule has 1 rings (SSSR count). The van der Waals surface area contributed by atoms with Gasteiger partial charge in [-0.25, -0.2) is 0 Å². The summed E-state index contributed by atoms with van der Waals surface area (Å²) in [6.07, 6.45) is 0. The fraction of sp³-hybridized carbons (Fsp3) is 0.400. The Labute approximate surface area is 67.1 Å². The summed E-state index contributed by atoms with van der Waals surface area (Å²) in [5.41, 5.74) is 0.726. The van der Waals surface area contributed by atoms with E-state index < -0.39 is 0 Å². The van der Waals surface area contributed by atoms with E-state index in [0.717, 1.165) is 5.56 Å². The standard InChI is InChI=1S/C10H13F/c1-10(2,8-11)9-6-4-3-5-7-9/h3-7H,8H2,1-2H3. The van der Waals surface area contributed by atoms with Gasteiger partial charge in [0.1, 0.15) is 0 Å². The van der Waals surface area contributed by atoms with E-state index in [1.165, 1.54) is 0 Å². The first-order valence-corrected chi connectivity index (χ1v) is 3.78. The van der Waals surface area contributed by atoms with Crippen LogP contribution in [-0.4, -0.2) is 6.67 Å². The van der Waals surface area contributed by atoms with Crippen LogP contribution in [0.15, 0.2) is 30.3 Å². The van der Waals surface area contributed by atoms with Gasteiger partial charge in [0.05, 0.1) is 6.67 Å². The van der Waals surface area contributed by atoms with Gasteiger partial charge in [0.15, 0.2) is 0 Å². The molecule has 0 saturated carbocycles. The third kappa shape index (κ3) is 1.79. The van der Waals surface area contributed by atoms with Crippen LogP contribution in [0.4, 0.5) is 4.39 Å². The molecule has 0 aliphatic carbocycles. The maximum absolute atomic E-state index is 12.5. The molecule has 1 heteroatoms. The van der Waals surface area contributed by atoms with Gasteiger partial charge < -0.3 is 0 Å². The summed E-state index contributed by atoms with van der Waals surface area (Å²) < 4.78 is 12.5. The second-order valence-corrected chi connectivity index (χ2v) is 3.38. The van der Waals surface area contributed by atoms with Crippen molar-refractivity contribution < 1.29 is 4.39 Å². The minimum atomic E-state index is -0.332. The SMILES string of the molecule is CC(C)(CF)c1ccccc1. The Balaban J connectivity index is 2.93. The van der Waals surface area contributed by atoms with E-state index in [2.05, 4.69) is 0 Å². The van der Waals surface area contributed by atoms with Gasteiger partial charge in [0.2, 0.25) is 0 Å². The molecule has 0 saturated heterocycles. The van der Waals surface area contributed by atoms with Crippen LogP contribution in [0.5, 0.6) is 0 Å². The third-order valence-electron chi connectivity index (χ3n) is 1.89. The highest BCUT2D eigenvalue weighted by Crippen LogP contribution is 2.22. The highest BCUT2D eigenvalue weighted by molar-refractivity contribution is 5.23. The van der Waals surface area contributed by atoms with Crippen molar-refractivity contribution in [2.24, 2.45) is 0 Å². The Hall–Kier alpha value is -0.850. The molecule has 0 spiro atoms. The van der Waals surface area contributed by atoms with Crippen molar-refractivity contribution in [2.75, 3.05) is 6.67 Å². The Morgan fingerprint density at radius 2 is 1.73 bits per heavy atom. The molecule has 0 heterocycles. The van der Waals surface area contributed by atoms with Crippen LogP contribution in [0, 0.1) is 0 Å². The van der Waals surface area contributed by atoms with E-state index in [-0.39, 0.29) is 12.1 Å². The zero-order valence-corrected chi connectivity index (χ0v) is 6.97. The minimum Gasteiger partial charge on any atom is -0.250 e. The first-order chi connectivity index (χ1) is 5.17. The van der Waals surface area contributed by atoms with Crippen molar-refractivity contribution in [2.45, 2.75) is 19.3 Å². The fourth-order valence-corrected chi connectivity index (χ4v) is 0.966. The highest BCUT2D eigenvalue weighted by atomic mass is 19.1. The lowest BCUT2D eigenvalue weighted by molar-refractivity contribution is 0.351. The van der Waals surface area contributed by atoms with E-state index in [4.69, 9.17) is 0 Å². The second-order valence-electron chi connectivity index (χ2n) is 3.38. The molecule has 0 bridgehead atoms. The predicted molar refractivity (Wildman–Crippen MR) is 45.4 cm³/mol.